The Kier molecular flexibility index (Phi) is 7.99. The molecule has 1 heterocycles. The fraction of sp³-hybridized carbons (Fsp3) is 0.152. The molecule has 0 aliphatic rings. The zero-order valence-corrected chi connectivity index (χ0v) is 23.8. The maximum absolute atomic E-state index is 13.0. The molecule has 41 heavy (non-hydrogen) atoms. The fourth-order valence-electron chi connectivity index (χ4n) is 4.30. The second-order valence-electron chi connectivity index (χ2n) is 9.74. The first kappa shape index (κ1) is 27.8. The highest BCUT2D eigenvalue weighted by Gasteiger charge is 2.21. The number of hydrogen-bond donors (Lipinski definition) is 1. The summed E-state index contributed by atoms with van der Waals surface area (Å²) in [6, 6.07) is 26.0. The van der Waals surface area contributed by atoms with E-state index in [1.807, 2.05) is 62.4 Å². The highest BCUT2D eigenvalue weighted by atomic mass is 35.5. The summed E-state index contributed by atoms with van der Waals surface area (Å²) in [4.78, 5) is 35.7. The van der Waals surface area contributed by atoms with Crippen molar-refractivity contribution in [3.8, 4) is 28.3 Å². The minimum absolute atomic E-state index is 0.254. The predicted molar refractivity (Wildman–Crippen MR) is 161 cm³/mol. The van der Waals surface area contributed by atoms with Gasteiger partial charge in [-0.1, -0.05) is 71.3 Å². The number of carbonyl (C=O) groups excluding carboxylic acids is 2. The average Bonchev–Trinajstić information content (AvgIpc) is 2.97. The molecule has 5 rings (SSSR count). The van der Waals surface area contributed by atoms with Gasteiger partial charge in [0.15, 0.2) is 6.10 Å². The van der Waals surface area contributed by atoms with Crippen LogP contribution in [0.2, 0.25) is 5.02 Å². The normalized spacial score (nSPS) is 11.6. The summed E-state index contributed by atoms with van der Waals surface area (Å²) in [5.41, 5.74) is 7.39. The van der Waals surface area contributed by atoms with Crippen LogP contribution in [-0.4, -0.2) is 35.1 Å². The van der Waals surface area contributed by atoms with Crippen LogP contribution >= 0.6 is 11.6 Å². The van der Waals surface area contributed by atoms with Gasteiger partial charge in [-0.3, -0.25) is 4.79 Å². The molecular weight excluding hydrogens is 538 g/mol. The molecule has 0 aliphatic carbocycles. The average molecular weight is 566 g/mol. The lowest BCUT2D eigenvalue weighted by Crippen LogP contribution is -2.30. The molecular formula is C33H28ClN3O4. The van der Waals surface area contributed by atoms with Crippen LogP contribution in [0, 0.1) is 13.8 Å². The molecule has 0 aliphatic heterocycles. The monoisotopic (exact) mass is 565 g/mol. The quantitative estimate of drug-likeness (QED) is 0.206. The highest BCUT2D eigenvalue weighted by molar-refractivity contribution is 6.31. The van der Waals surface area contributed by atoms with E-state index < -0.39 is 18.0 Å². The maximum Gasteiger partial charge on any atom is 0.338 e. The third-order valence-electron chi connectivity index (χ3n) is 6.62. The van der Waals surface area contributed by atoms with E-state index >= 15 is 0 Å². The van der Waals surface area contributed by atoms with Crippen molar-refractivity contribution < 1.29 is 19.1 Å². The number of rotatable bonds is 7. The molecule has 1 N–H and O–H groups in total. The molecule has 0 radical (unpaired) electrons. The topological polar surface area (TPSA) is 90.4 Å². The van der Waals surface area contributed by atoms with Crippen LogP contribution < -0.4 is 10.1 Å². The van der Waals surface area contributed by atoms with Crippen LogP contribution in [0.5, 0.6) is 5.75 Å². The van der Waals surface area contributed by atoms with Gasteiger partial charge in [-0.25, -0.2) is 14.8 Å². The van der Waals surface area contributed by atoms with Crippen molar-refractivity contribution in [2.75, 3.05) is 12.4 Å². The molecule has 1 atom stereocenters. The Hall–Kier alpha value is -4.75. The number of amides is 1. The van der Waals surface area contributed by atoms with Crippen molar-refractivity contribution in [2.24, 2.45) is 0 Å². The number of anilines is 1. The second kappa shape index (κ2) is 11.8. The van der Waals surface area contributed by atoms with Gasteiger partial charge in [0.05, 0.1) is 40.8 Å². The number of hydrogen-bond acceptors (Lipinski definition) is 6. The third kappa shape index (κ3) is 6.21. The Labute approximate surface area is 243 Å². The summed E-state index contributed by atoms with van der Waals surface area (Å²) in [7, 11) is 1.49. The molecule has 8 heteroatoms. The lowest BCUT2D eigenvalue weighted by atomic mass is 10.0. The van der Waals surface area contributed by atoms with E-state index in [9.17, 15) is 9.59 Å². The standard InChI is InChI=1S/C33H28ClN3O4/c1-19-5-9-22(10-6-19)30-31(23-11-7-20(2)8-12-23)36-27-17-24(13-15-26(27)35-30)33(39)41-21(3)32(38)37-28-18-25(34)14-16-29(28)40-4/h5-18,21H,1-4H3,(H,37,38). The minimum Gasteiger partial charge on any atom is -0.495 e. The van der Waals surface area contributed by atoms with Gasteiger partial charge in [0, 0.05) is 16.1 Å². The Morgan fingerprint density at radius 2 is 1.37 bits per heavy atom. The van der Waals surface area contributed by atoms with Gasteiger partial charge >= 0.3 is 5.97 Å². The lowest BCUT2D eigenvalue weighted by Gasteiger charge is -2.16. The van der Waals surface area contributed by atoms with Gasteiger partial charge in [0.25, 0.3) is 5.91 Å². The van der Waals surface area contributed by atoms with Crippen LogP contribution in [0.1, 0.15) is 28.4 Å². The van der Waals surface area contributed by atoms with E-state index in [-0.39, 0.29) is 5.56 Å². The van der Waals surface area contributed by atoms with Gasteiger partial charge in [-0.05, 0) is 57.2 Å². The zero-order valence-electron chi connectivity index (χ0n) is 23.1. The summed E-state index contributed by atoms with van der Waals surface area (Å²) in [5.74, 6) is -0.749. The molecule has 1 aromatic heterocycles. The number of esters is 1. The number of nitrogens with one attached hydrogen (secondary N) is 1. The number of ether oxygens (including phenoxy) is 2. The van der Waals surface area contributed by atoms with Gasteiger partial charge in [-0.2, -0.15) is 0 Å². The van der Waals surface area contributed by atoms with E-state index in [2.05, 4.69) is 5.32 Å². The SMILES string of the molecule is COc1ccc(Cl)cc1NC(=O)C(C)OC(=O)c1ccc2nc(-c3ccc(C)cc3)c(-c3ccc(C)cc3)nc2c1. The van der Waals surface area contributed by atoms with Crippen LogP contribution in [0.25, 0.3) is 33.5 Å². The Morgan fingerprint density at radius 3 is 1.95 bits per heavy atom. The first-order valence-electron chi connectivity index (χ1n) is 13.0. The van der Waals surface area contributed by atoms with Gasteiger partial charge in [0.1, 0.15) is 5.75 Å². The molecule has 7 nitrogen and oxygen atoms in total. The molecule has 4 aromatic carbocycles. The Morgan fingerprint density at radius 1 is 0.780 bits per heavy atom. The van der Waals surface area contributed by atoms with E-state index in [0.29, 0.717) is 33.2 Å². The third-order valence-corrected chi connectivity index (χ3v) is 6.86. The summed E-state index contributed by atoms with van der Waals surface area (Å²) in [6.45, 7) is 5.56. The van der Waals surface area contributed by atoms with Crippen LogP contribution in [-0.2, 0) is 9.53 Å². The van der Waals surface area contributed by atoms with Crippen molar-refractivity contribution in [2.45, 2.75) is 26.9 Å². The van der Waals surface area contributed by atoms with Gasteiger partial charge < -0.3 is 14.8 Å². The van der Waals surface area contributed by atoms with E-state index in [0.717, 1.165) is 27.9 Å². The number of aromatic nitrogens is 2. The van der Waals surface area contributed by atoms with Crippen LogP contribution in [0.15, 0.2) is 84.9 Å². The molecule has 0 saturated carbocycles. The fourth-order valence-corrected chi connectivity index (χ4v) is 4.47. The number of aryl methyl sites for hydroxylation is 2. The smallest absolute Gasteiger partial charge is 0.338 e. The highest BCUT2D eigenvalue weighted by Crippen LogP contribution is 2.32. The van der Waals surface area contributed by atoms with Gasteiger partial charge in [0.2, 0.25) is 0 Å². The number of carbonyl (C=O) groups is 2. The summed E-state index contributed by atoms with van der Waals surface area (Å²) < 4.78 is 10.7. The molecule has 0 spiro atoms. The first-order chi connectivity index (χ1) is 19.7. The molecule has 0 bridgehead atoms. The number of fused-ring (bicyclic) bond motifs is 1. The number of halogens is 1. The number of benzene rings is 4. The van der Waals surface area contributed by atoms with Crippen molar-refractivity contribution >= 4 is 40.2 Å². The van der Waals surface area contributed by atoms with Gasteiger partial charge in [-0.15, -0.1) is 0 Å². The molecule has 206 valence electrons. The molecule has 1 amide bonds. The Balaban J connectivity index is 1.43. The predicted octanol–water partition coefficient (Wildman–Crippen LogP) is 7.43. The molecule has 1 unspecified atom stereocenters. The first-order valence-corrected chi connectivity index (χ1v) is 13.4. The van der Waals surface area contributed by atoms with E-state index in [1.54, 1.807) is 36.4 Å². The zero-order chi connectivity index (χ0) is 29.1. The lowest BCUT2D eigenvalue weighted by molar-refractivity contribution is -0.123. The van der Waals surface area contributed by atoms with E-state index in [4.69, 9.17) is 31.0 Å². The van der Waals surface area contributed by atoms with E-state index in [1.165, 1.54) is 14.0 Å². The summed E-state index contributed by atoms with van der Waals surface area (Å²) >= 11 is 6.05. The van der Waals surface area contributed by atoms with Crippen molar-refractivity contribution in [1.29, 1.82) is 0 Å². The summed E-state index contributed by atoms with van der Waals surface area (Å²) in [5, 5.41) is 3.12. The van der Waals surface area contributed by atoms with Crippen LogP contribution in [0.3, 0.4) is 0 Å². The molecule has 0 saturated heterocycles. The Bertz CT molecular complexity index is 1750. The summed E-state index contributed by atoms with van der Waals surface area (Å²) in [6.07, 6.45) is -1.08. The largest absolute Gasteiger partial charge is 0.495 e. The van der Waals surface area contributed by atoms with Crippen molar-refractivity contribution in [3.05, 3.63) is 107 Å². The van der Waals surface area contributed by atoms with Crippen molar-refractivity contribution in [3.63, 3.8) is 0 Å². The molecule has 0 fully saturated rings. The maximum atomic E-state index is 13.0. The second-order valence-corrected chi connectivity index (χ2v) is 10.2. The molecule has 5 aromatic rings. The van der Waals surface area contributed by atoms with Crippen molar-refractivity contribution in [1.82, 2.24) is 9.97 Å². The number of methoxy groups -OCH3 is 1. The van der Waals surface area contributed by atoms with Crippen LogP contribution in [0.4, 0.5) is 5.69 Å². The number of nitrogens with zero attached hydrogens (tertiary/aromatic N) is 2. The minimum atomic E-state index is -1.08.